The van der Waals surface area contributed by atoms with Gasteiger partial charge in [-0.25, -0.2) is 0 Å². The Hall–Kier alpha value is -1.81. The molecule has 2 saturated heterocycles. The summed E-state index contributed by atoms with van der Waals surface area (Å²) in [5.41, 5.74) is 5.73. The molecule has 4 nitrogen and oxygen atoms in total. The highest BCUT2D eigenvalue weighted by Crippen LogP contribution is 2.56. The van der Waals surface area contributed by atoms with Crippen molar-refractivity contribution in [1.82, 2.24) is 4.90 Å². The molecule has 2 unspecified atom stereocenters. The molecule has 0 amide bonds. The number of aryl methyl sites for hydroxylation is 2. The number of carbonyl (C=O) groups excluding carboxylic acids is 1. The quantitative estimate of drug-likeness (QED) is 0.520. The van der Waals surface area contributed by atoms with Crippen LogP contribution in [0, 0.1) is 37.0 Å². The fourth-order valence-corrected chi connectivity index (χ4v) is 6.85. The van der Waals surface area contributed by atoms with Gasteiger partial charge in [0.15, 0.2) is 0 Å². The normalized spacial score (nSPS) is 36.2. The molecule has 0 radical (unpaired) electrons. The van der Waals surface area contributed by atoms with Crippen LogP contribution in [-0.4, -0.2) is 49.7 Å². The van der Waals surface area contributed by atoms with Gasteiger partial charge in [-0.3, -0.25) is 9.69 Å². The average molecular weight is 423 g/mol. The van der Waals surface area contributed by atoms with Crippen LogP contribution in [-0.2, 0) is 9.53 Å². The van der Waals surface area contributed by atoms with E-state index in [1.54, 1.807) is 0 Å². The van der Waals surface area contributed by atoms with Gasteiger partial charge in [0.1, 0.15) is 6.10 Å². The second kappa shape index (κ2) is 7.95. The van der Waals surface area contributed by atoms with Gasteiger partial charge in [0.2, 0.25) is 0 Å². The molecule has 0 spiro atoms. The summed E-state index contributed by atoms with van der Waals surface area (Å²) < 4.78 is 5.98. The Balaban J connectivity index is 1.22. The van der Waals surface area contributed by atoms with Crippen molar-refractivity contribution in [3.05, 3.63) is 41.5 Å². The third-order valence-corrected chi connectivity index (χ3v) is 9.00. The van der Waals surface area contributed by atoms with Gasteiger partial charge in [-0.15, -0.1) is 0 Å². The lowest BCUT2D eigenvalue weighted by atomic mass is 9.55. The molecule has 168 valence electrons. The van der Waals surface area contributed by atoms with Crippen molar-refractivity contribution in [3.8, 4) is 0 Å². The van der Waals surface area contributed by atoms with E-state index in [4.69, 9.17) is 4.74 Å². The van der Waals surface area contributed by atoms with E-state index < -0.39 is 0 Å². The van der Waals surface area contributed by atoms with E-state index in [0.29, 0.717) is 11.8 Å². The van der Waals surface area contributed by atoms with Crippen molar-refractivity contribution >= 4 is 11.7 Å². The molecule has 1 aromatic carbocycles. The van der Waals surface area contributed by atoms with Crippen LogP contribution in [0.4, 0.5) is 5.69 Å². The molecule has 0 N–H and O–H groups in total. The van der Waals surface area contributed by atoms with Crippen molar-refractivity contribution in [2.45, 2.75) is 59.0 Å². The van der Waals surface area contributed by atoms with Gasteiger partial charge in [-0.2, -0.15) is 0 Å². The molecule has 0 aromatic heterocycles. The first-order valence-electron chi connectivity index (χ1n) is 12.3. The summed E-state index contributed by atoms with van der Waals surface area (Å²) in [7, 11) is 0. The Morgan fingerprint density at radius 3 is 2.68 bits per heavy atom. The smallest absolute Gasteiger partial charge is 0.310 e. The summed E-state index contributed by atoms with van der Waals surface area (Å²) in [6.07, 6.45) is 5.91. The number of hydrogen-bond acceptors (Lipinski definition) is 4. The fourth-order valence-electron chi connectivity index (χ4n) is 6.85. The molecule has 2 saturated carbocycles. The Labute approximate surface area is 187 Å². The van der Waals surface area contributed by atoms with Crippen LogP contribution < -0.4 is 4.90 Å². The third kappa shape index (κ3) is 3.82. The van der Waals surface area contributed by atoms with Crippen LogP contribution in [0.15, 0.2) is 30.4 Å². The average Bonchev–Trinajstić information content (AvgIpc) is 3.03. The summed E-state index contributed by atoms with van der Waals surface area (Å²) in [6, 6.07) is 6.77. The van der Waals surface area contributed by atoms with Gasteiger partial charge in [0.25, 0.3) is 0 Å². The SMILES string of the molecule is C=C1CCC[C@]2(C)C[C@H]3OC(=O)C(CN4CCN(c5ccc(C)c(C)c5)CC4)[C@H]3CC12. The second-order valence-electron chi connectivity index (χ2n) is 11.0. The zero-order chi connectivity index (χ0) is 21.8. The Kier molecular flexibility index (Phi) is 5.40. The first-order valence-corrected chi connectivity index (χ1v) is 12.3. The van der Waals surface area contributed by atoms with E-state index in [1.807, 2.05) is 0 Å². The van der Waals surface area contributed by atoms with E-state index in [1.165, 1.54) is 35.2 Å². The predicted octanol–water partition coefficient (Wildman–Crippen LogP) is 4.74. The zero-order valence-electron chi connectivity index (χ0n) is 19.5. The predicted molar refractivity (Wildman–Crippen MR) is 125 cm³/mol. The fraction of sp³-hybridized carbons (Fsp3) is 0.667. The number of allylic oxidation sites excluding steroid dienone is 1. The van der Waals surface area contributed by atoms with Crippen molar-refractivity contribution in [2.75, 3.05) is 37.6 Å². The standard InChI is InChI=1S/C27H38N2O2/c1-18-7-8-21(14-20(18)3)29-12-10-28(11-13-29)17-23-22-15-24-19(2)6-5-9-27(24,4)16-25(22)31-26(23)30/h7-8,14,22-25H,2,5-6,9-13,15-17H2,1,3-4H3/t22-,23?,24?,25-,27-/m1/s1. The van der Waals surface area contributed by atoms with Crippen molar-refractivity contribution in [2.24, 2.45) is 23.2 Å². The molecule has 4 heteroatoms. The maximum absolute atomic E-state index is 12.9. The summed E-state index contributed by atoms with van der Waals surface area (Å²) >= 11 is 0. The summed E-state index contributed by atoms with van der Waals surface area (Å²) in [5, 5.41) is 0. The van der Waals surface area contributed by atoms with Crippen molar-refractivity contribution in [1.29, 1.82) is 0 Å². The molecule has 4 aliphatic rings. The number of benzene rings is 1. The number of hydrogen-bond donors (Lipinski definition) is 0. The molecule has 31 heavy (non-hydrogen) atoms. The van der Waals surface area contributed by atoms with Gasteiger partial charge < -0.3 is 9.64 Å². The van der Waals surface area contributed by atoms with Gasteiger partial charge in [-0.1, -0.05) is 25.1 Å². The molecule has 1 aromatic rings. The topological polar surface area (TPSA) is 32.8 Å². The maximum Gasteiger partial charge on any atom is 0.310 e. The van der Waals surface area contributed by atoms with Crippen LogP contribution in [0.5, 0.6) is 0 Å². The highest BCUT2D eigenvalue weighted by atomic mass is 16.6. The van der Waals surface area contributed by atoms with E-state index in [-0.39, 0.29) is 23.4 Å². The van der Waals surface area contributed by atoms with E-state index >= 15 is 0 Å². The van der Waals surface area contributed by atoms with Crippen LogP contribution >= 0.6 is 0 Å². The highest BCUT2D eigenvalue weighted by molar-refractivity contribution is 5.75. The van der Waals surface area contributed by atoms with Crippen LogP contribution in [0.2, 0.25) is 0 Å². The van der Waals surface area contributed by atoms with Crippen LogP contribution in [0.25, 0.3) is 0 Å². The lowest BCUT2D eigenvalue weighted by molar-refractivity contribution is -0.146. The molecule has 0 bridgehead atoms. The number of anilines is 1. The van der Waals surface area contributed by atoms with Gasteiger partial charge in [-0.05, 0) is 80.5 Å². The lowest BCUT2D eigenvalue weighted by Crippen LogP contribution is -2.50. The van der Waals surface area contributed by atoms with E-state index in [2.05, 4.69) is 55.3 Å². The highest BCUT2D eigenvalue weighted by Gasteiger charge is 2.55. The number of carbonyl (C=O) groups is 1. The molecular formula is C27H38N2O2. The number of fused-ring (bicyclic) bond motifs is 2. The molecular weight excluding hydrogens is 384 g/mol. The minimum Gasteiger partial charge on any atom is -0.462 e. The molecule has 4 fully saturated rings. The number of esters is 1. The maximum atomic E-state index is 12.9. The minimum atomic E-state index is 0.0393. The van der Waals surface area contributed by atoms with Gasteiger partial charge in [0.05, 0.1) is 5.92 Å². The molecule has 2 aliphatic heterocycles. The molecule has 2 aliphatic carbocycles. The number of ether oxygens (including phenoxy) is 1. The first kappa shape index (κ1) is 21.1. The monoisotopic (exact) mass is 422 g/mol. The van der Waals surface area contributed by atoms with Crippen molar-refractivity contribution < 1.29 is 9.53 Å². The van der Waals surface area contributed by atoms with Crippen LogP contribution in [0.3, 0.4) is 0 Å². The van der Waals surface area contributed by atoms with Gasteiger partial charge >= 0.3 is 5.97 Å². The minimum absolute atomic E-state index is 0.0393. The summed E-state index contributed by atoms with van der Waals surface area (Å²) in [4.78, 5) is 17.9. The van der Waals surface area contributed by atoms with E-state index in [9.17, 15) is 4.79 Å². The summed E-state index contributed by atoms with van der Waals surface area (Å²) in [5.74, 6) is 1.04. The largest absolute Gasteiger partial charge is 0.462 e. The zero-order valence-corrected chi connectivity index (χ0v) is 19.5. The van der Waals surface area contributed by atoms with Crippen LogP contribution in [0.1, 0.15) is 50.2 Å². The molecule has 5 rings (SSSR count). The summed E-state index contributed by atoms with van der Waals surface area (Å²) in [6.45, 7) is 16.1. The van der Waals surface area contributed by atoms with E-state index in [0.717, 1.165) is 52.0 Å². The van der Waals surface area contributed by atoms with Gasteiger partial charge in [0, 0.05) is 44.3 Å². The molecule has 2 heterocycles. The Morgan fingerprint density at radius 2 is 1.94 bits per heavy atom. The second-order valence-corrected chi connectivity index (χ2v) is 11.0. The first-order chi connectivity index (χ1) is 14.8. The number of piperazine rings is 1. The van der Waals surface area contributed by atoms with Crippen molar-refractivity contribution in [3.63, 3.8) is 0 Å². The lowest BCUT2D eigenvalue weighted by Gasteiger charge is -2.50. The Bertz CT molecular complexity index is 872. The number of nitrogens with zero attached hydrogens (tertiary/aromatic N) is 2. The third-order valence-electron chi connectivity index (χ3n) is 9.00. The number of rotatable bonds is 3. The molecule has 5 atom stereocenters. The Morgan fingerprint density at radius 1 is 1.16 bits per heavy atom.